The van der Waals surface area contributed by atoms with E-state index in [-0.39, 0.29) is 5.60 Å². The molecule has 0 aliphatic carbocycles. The summed E-state index contributed by atoms with van der Waals surface area (Å²) in [6, 6.07) is 6.50. The van der Waals surface area contributed by atoms with Gasteiger partial charge in [-0.1, -0.05) is 24.6 Å². The lowest BCUT2D eigenvalue weighted by molar-refractivity contribution is -0.147. The van der Waals surface area contributed by atoms with E-state index in [9.17, 15) is 14.7 Å². The van der Waals surface area contributed by atoms with Gasteiger partial charge in [0.1, 0.15) is 5.60 Å². The van der Waals surface area contributed by atoms with Crippen molar-refractivity contribution < 1.29 is 19.4 Å². The van der Waals surface area contributed by atoms with Crippen molar-refractivity contribution in [2.24, 2.45) is 5.41 Å². The molecule has 0 fully saturated rings. The van der Waals surface area contributed by atoms with Crippen LogP contribution in [0.15, 0.2) is 18.2 Å². The molecule has 4 nitrogen and oxygen atoms in total. The van der Waals surface area contributed by atoms with Gasteiger partial charge in [0, 0.05) is 0 Å². The number of carbonyl (C=O) groups is 2. The van der Waals surface area contributed by atoms with Gasteiger partial charge in [0.05, 0.1) is 5.41 Å². The van der Waals surface area contributed by atoms with E-state index in [4.69, 9.17) is 4.74 Å². The van der Waals surface area contributed by atoms with Crippen molar-refractivity contribution in [1.82, 2.24) is 0 Å². The van der Waals surface area contributed by atoms with Crippen molar-refractivity contribution in [2.45, 2.75) is 91.6 Å². The summed E-state index contributed by atoms with van der Waals surface area (Å²) in [5.41, 5.74) is 3.08. The van der Waals surface area contributed by atoms with Crippen molar-refractivity contribution in [3.05, 3.63) is 34.9 Å². The summed E-state index contributed by atoms with van der Waals surface area (Å²) >= 11 is 0. The van der Waals surface area contributed by atoms with Crippen LogP contribution in [0.1, 0.15) is 82.9 Å². The molecule has 0 radical (unpaired) electrons. The predicted molar refractivity (Wildman–Crippen MR) is 109 cm³/mol. The van der Waals surface area contributed by atoms with Gasteiger partial charge in [0.2, 0.25) is 0 Å². The second-order valence-corrected chi connectivity index (χ2v) is 8.78. The molecular formula is C23H36O4. The van der Waals surface area contributed by atoms with Gasteiger partial charge >= 0.3 is 5.97 Å². The molecule has 0 aliphatic rings. The van der Waals surface area contributed by atoms with Crippen LogP contribution in [0.25, 0.3) is 0 Å². The second-order valence-electron chi connectivity index (χ2n) is 8.78. The number of carboxylic acid groups (broad SMARTS) is 1. The maximum absolute atomic E-state index is 11.2. The molecule has 27 heavy (non-hydrogen) atoms. The third-order valence-corrected chi connectivity index (χ3v) is 5.48. The van der Waals surface area contributed by atoms with Crippen molar-refractivity contribution >= 4 is 12.4 Å². The Morgan fingerprint density at radius 1 is 1.00 bits per heavy atom. The van der Waals surface area contributed by atoms with Crippen molar-refractivity contribution in [2.75, 3.05) is 0 Å². The Balaban J connectivity index is 2.47. The molecule has 0 bridgehead atoms. The maximum atomic E-state index is 11.2. The minimum atomic E-state index is -0.720. The van der Waals surface area contributed by atoms with E-state index in [1.165, 1.54) is 16.7 Å². The SMILES string of the molecule is Cc1c(CCCCC(C)(C)OC=O)cccc1CCCCC(C)(C)C(=O)O. The zero-order valence-electron chi connectivity index (χ0n) is 17.6. The van der Waals surface area contributed by atoms with Gasteiger partial charge in [-0.25, -0.2) is 0 Å². The van der Waals surface area contributed by atoms with Crippen LogP contribution in [0.2, 0.25) is 0 Å². The number of hydrogen-bond acceptors (Lipinski definition) is 3. The van der Waals surface area contributed by atoms with E-state index in [2.05, 4.69) is 25.1 Å². The largest absolute Gasteiger partial charge is 0.481 e. The van der Waals surface area contributed by atoms with E-state index in [1.54, 1.807) is 13.8 Å². The first-order chi connectivity index (χ1) is 12.6. The number of ether oxygens (including phenoxy) is 1. The minimum absolute atomic E-state index is 0.387. The standard InChI is InChI=1S/C23H36O4/c1-18-19(11-6-8-15-22(2,3)21(25)26)13-10-14-20(18)12-7-9-16-23(4,5)27-17-24/h10,13-14,17H,6-9,11-12,15-16H2,1-5H3,(H,25,26). The summed E-state index contributed by atoms with van der Waals surface area (Å²) in [6.45, 7) is 10.2. The number of unbranched alkanes of at least 4 members (excludes halogenated alkanes) is 2. The van der Waals surface area contributed by atoms with E-state index < -0.39 is 11.4 Å². The molecular weight excluding hydrogens is 340 g/mol. The molecule has 0 aliphatic heterocycles. The van der Waals surface area contributed by atoms with Gasteiger partial charge in [0.15, 0.2) is 0 Å². The first-order valence-electron chi connectivity index (χ1n) is 10.0. The summed E-state index contributed by atoms with van der Waals surface area (Å²) in [7, 11) is 0. The highest BCUT2D eigenvalue weighted by atomic mass is 16.5. The Labute approximate surface area is 164 Å². The van der Waals surface area contributed by atoms with Gasteiger partial charge < -0.3 is 9.84 Å². The molecule has 4 heteroatoms. The zero-order valence-corrected chi connectivity index (χ0v) is 17.6. The second kappa shape index (κ2) is 10.5. The molecule has 0 unspecified atom stereocenters. The lowest BCUT2D eigenvalue weighted by atomic mass is 9.86. The van der Waals surface area contributed by atoms with Gasteiger partial charge in [-0.2, -0.15) is 0 Å². The Hall–Kier alpha value is -1.84. The molecule has 0 spiro atoms. The maximum Gasteiger partial charge on any atom is 0.309 e. The molecule has 0 saturated carbocycles. The number of aliphatic carboxylic acids is 1. The van der Waals surface area contributed by atoms with E-state index in [0.717, 1.165) is 44.9 Å². The molecule has 0 atom stereocenters. The Morgan fingerprint density at radius 3 is 2.00 bits per heavy atom. The molecule has 0 aromatic heterocycles. The first-order valence-corrected chi connectivity index (χ1v) is 10.0. The van der Waals surface area contributed by atoms with E-state index in [0.29, 0.717) is 12.9 Å². The van der Waals surface area contributed by atoms with Crippen LogP contribution in [0.4, 0.5) is 0 Å². The molecule has 1 N–H and O–H groups in total. The third-order valence-electron chi connectivity index (χ3n) is 5.48. The van der Waals surface area contributed by atoms with Crippen molar-refractivity contribution in [3.63, 3.8) is 0 Å². The molecule has 1 aromatic rings. The van der Waals surface area contributed by atoms with Crippen LogP contribution >= 0.6 is 0 Å². The normalized spacial score (nSPS) is 12.0. The average molecular weight is 377 g/mol. The van der Waals surface area contributed by atoms with E-state index in [1.807, 2.05) is 13.8 Å². The smallest absolute Gasteiger partial charge is 0.309 e. The average Bonchev–Trinajstić information content (AvgIpc) is 2.57. The summed E-state index contributed by atoms with van der Waals surface area (Å²) in [5, 5.41) is 9.20. The zero-order chi connectivity index (χ0) is 20.5. The molecule has 1 aromatic carbocycles. The van der Waals surface area contributed by atoms with Gasteiger partial charge in [0.25, 0.3) is 6.47 Å². The van der Waals surface area contributed by atoms with Gasteiger partial charge in [-0.3, -0.25) is 9.59 Å². The number of aryl methyl sites for hydroxylation is 2. The topological polar surface area (TPSA) is 63.6 Å². The van der Waals surface area contributed by atoms with Crippen molar-refractivity contribution in [3.8, 4) is 0 Å². The van der Waals surface area contributed by atoms with Crippen LogP contribution < -0.4 is 0 Å². The fourth-order valence-electron chi connectivity index (χ4n) is 3.32. The monoisotopic (exact) mass is 376 g/mol. The van der Waals surface area contributed by atoms with Crippen LogP contribution in [0.3, 0.4) is 0 Å². The highest BCUT2D eigenvalue weighted by molar-refractivity contribution is 5.73. The number of benzene rings is 1. The highest BCUT2D eigenvalue weighted by Gasteiger charge is 2.26. The van der Waals surface area contributed by atoms with E-state index >= 15 is 0 Å². The quantitative estimate of drug-likeness (QED) is 0.365. The van der Waals surface area contributed by atoms with Crippen LogP contribution in [0.5, 0.6) is 0 Å². The number of carbonyl (C=O) groups excluding carboxylic acids is 1. The summed E-state index contributed by atoms with van der Waals surface area (Å²) in [6.07, 6.45) is 7.63. The summed E-state index contributed by atoms with van der Waals surface area (Å²) < 4.78 is 5.10. The first kappa shape index (κ1) is 23.2. The molecule has 0 heterocycles. The van der Waals surface area contributed by atoms with Gasteiger partial charge in [-0.05, 0) is 96.3 Å². The Morgan fingerprint density at radius 2 is 1.52 bits per heavy atom. The van der Waals surface area contributed by atoms with Crippen LogP contribution in [0, 0.1) is 12.3 Å². The number of rotatable bonds is 13. The lowest BCUT2D eigenvalue weighted by Crippen LogP contribution is -2.23. The predicted octanol–water partition coefficient (Wildman–Crippen LogP) is 5.48. The number of hydrogen-bond donors (Lipinski definition) is 1. The lowest BCUT2D eigenvalue weighted by Gasteiger charge is -2.22. The summed E-state index contributed by atoms with van der Waals surface area (Å²) in [5.74, 6) is -0.720. The van der Waals surface area contributed by atoms with Gasteiger partial charge in [-0.15, -0.1) is 0 Å². The molecule has 0 amide bonds. The Bertz CT molecular complexity index is 617. The van der Waals surface area contributed by atoms with Crippen LogP contribution in [-0.4, -0.2) is 23.1 Å². The third kappa shape index (κ3) is 8.15. The van der Waals surface area contributed by atoms with Crippen molar-refractivity contribution in [1.29, 1.82) is 0 Å². The fourth-order valence-corrected chi connectivity index (χ4v) is 3.32. The molecule has 152 valence electrons. The number of carboxylic acids is 1. The highest BCUT2D eigenvalue weighted by Crippen LogP contribution is 2.25. The summed E-state index contributed by atoms with van der Waals surface area (Å²) in [4.78, 5) is 21.7. The molecule has 1 rings (SSSR count). The molecule has 0 saturated heterocycles. The minimum Gasteiger partial charge on any atom is -0.481 e. The fraction of sp³-hybridized carbons (Fsp3) is 0.652. The van der Waals surface area contributed by atoms with Crippen LogP contribution in [-0.2, 0) is 27.2 Å². The Kier molecular flexibility index (Phi) is 9.01.